The lowest BCUT2D eigenvalue weighted by Gasteiger charge is -2.13. The van der Waals surface area contributed by atoms with E-state index in [9.17, 15) is 0 Å². The molecule has 0 bridgehead atoms. The van der Waals surface area contributed by atoms with E-state index < -0.39 is 0 Å². The molecule has 0 aromatic carbocycles. The summed E-state index contributed by atoms with van der Waals surface area (Å²) in [7, 11) is 1.68. The van der Waals surface area contributed by atoms with Gasteiger partial charge in [-0.05, 0) is 19.8 Å². The molecule has 0 aromatic rings. The molecule has 78 valence electrons. The molecule has 1 unspecified atom stereocenters. The minimum absolute atomic E-state index is 0. The van der Waals surface area contributed by atoms with Crippen LogP contribution in [0.25, 0.3) is 0 Å². The van der Waals surface area contributed by atoms with E-state index in [1.165, 1.54) is 0 Å². The quantitative estimate of drug-likeness (QED) is 0.723. The Labute approximate surface area is 87.0 Å². The van der Waals surface area contributed by atoms with Crippen molar-refractivity contribution >= 4 is 24.8 Å². The first-order valence-electron chi connectivity index (χ1n) is 3.69. The molecular formula is C7H20Cl2N2O. The Hall–Kier alpha value is 0.460. The summed E-state index contributed by atoms with van der Waals surface area (Å²) < 4.78 is 5.07. The summed E-state index contributed by atoms with van der Waals surface area (Å²) in [5.41, 5.74) is 11.0. The van der Waals surface area contributed by atoms with Crippen LogP contribution in [0.2, 0.25) is 0 Å². The van der Waals surface area contributed by atoms with Gasteiger partial charge in [0.2, 0.25) is 0 Å². The van der Waals surface area contributed by atoms with Crippen LogP contribution >= 0.6 is 24.8 Å². The maximum atomic E-state index is 5.55. The molecule has 0 radical (unpaired) electrons. The molecule has 5 heteroatoms. The Morgan fingerprint density at radius 3 is 2.00 bits per heavy atom. The molecule has 0 fully saturated rings. The Kier molecular flexibility index (Phi) is 17.5. The van der Waals surface area contributed by atoms with Crippen LogP contribution in [-0.4, -0.2) is 25.8 Å². The number of halogens is 2. The Balaban J connectivity index is -0.000000405. The Bertz CT molecular complexity index is 79.8. The topological polar surface area (TPSA) is 61.3 Å². The molecule has 12 heavy (non-hydrogen) atoms. The summed E-state index contributed by atoms with van der Waals surface area (Å²) in [4.78, 5) is 0. The van der Waals surface area contributed by atoms with E-state index in [-0.39, 0.29) is 37.0 Å². The number of nitrogens with two attached hydrogens (primary N) is 2. The summed E-state index contributed by atoms with van der Waals surface area (Å²) in [6.45, 7) is 2.58. The lowest BCUT2D eigenvalue weighted by Crippen LogP contribution is -2.25. The molecule has 0 heterocycles. The first kappa shape index (κ1) is 18.3. The Morgan fingerprint density at radius 2 is 1.75 bits per heavy atom. The van der Waals surface area contributed by atoms with Crippen LogP contribution in [-0.2, 0) is 4.74 Å². The predicted molar refractivity (Wildman–Crippen MR) is 57.2 cm³/mol. The van der Waals surface area contributed by atoms with Crippen molar-refractivity contribution in [3.63, 3.8) is 0 Å². The van der Waals surface area contributed by atoms with Gasteiger partial charge in [0.1, 0.15) is 0 Å². The molecule has 3 nitrogen and oxygen atoms in total. The highest BCUT2D eigenvalue weighted by Gasteiger charge is 2.04. The number of ether oxygens (including phenoxy) is 1. The third-order valence-electron chi connectivity index (χ3n) is 1.54. The lowest BCUT2D eigenvalue weighted by molar-refractivity contribution is 0.0989. The summed E-state index contributed by atoms with van der Waals surface area (Å²) in [5.74, 6) is 0. The molecule has 0 aromatic heterocycles. The van der Waals surface area contributed by atoms with Crippen LogP contribution < -0.4 is 11.5 Å². The van der Waals surface area contributed by atoms with E-state index >= 15 is 0 Å². The highest BCUT2D eigenvalue weighted by molar-refractivity contribution is 5.85. The van der Waals surface area contributed by atoms with Crippen molar-refractivity contribution in [1.29, 1.82) is 0 Å². The zero-order valence-corrected chi connectivity index (χ0v) is 9.29. The molecule has 0 saturated heterocycles. The molecule has 0 aliphatic heterocycles. The van der Waals surface area contributed by atoms with Gasteiger partial charge in [-0.1, -0.05) is 0 Å². The lowest BCUT2D eigenvalue weighted by atomic mass is 10.1. The standard InChI is InChI=1S/C7H18N2O.2ClH/c1-6(9)3-4-7(5-8)10-2;;/h6-7H,3-5,8-9H2,1-2H3;2*1H/t6-,7?;;/m0../s1. The van der Waals surface area contributed by atoms with Crippen LogP contribution in [0, 0.1) is 0 Å². The number of methoxy groups -OCH3 is 1. The van der Waals surface area contributed by atoms with Gasteiger partial charge in [0.15, 0.2) is 0 Å². The zero-order valence-electron chi connectivity index (χ0n) is 7.66. The summed E-state index contributed by atoms with van der Waals surface area (Å²) in [6, 6.07) is 0.254. The molecule has 0 aliphatic rings. The number of rotatable bonds is 5. The fourth-order valence-corrected chi connectivity index (χ4v) is 0.781. The number of hydrogen-bond donors (Lipinski definition) is 2. The highest BCUT2D eigenvalue weighted by Crippen LogP contribution is 2.00. The predicted octanol–water partition coefficient (Wildman–Crippen LogP) is 0.931. The second kappa shape index (κ2) is 11.5. The van der Waals surface area contributed by atoms with Gasteiger partial charge in [0, 0.05) is 19.7 Å². The molecule has 0 saturated carbocycles. The highest BCUT2D eigenvalue weighted by atomic mass is 35.5. The summed E-state index contributed by atoms with van der Waals surface area (Å²) in [6.07, 6.45) is 2.13. The minimum Gasteiger partial charge on any atom is -0.380 e. The van der Waals surface area contributed by atoms with E-state index in [1.807, 2.05) is 6.92 Å². The van der Waals surface area contributed by atoms with Gasteiger partial charge in [0.05, 0.1) is 6.10 Å². The molecule has 4 N–H and O–H groups in total. The van der Waals surface area contributed by atoms with E-state index in [0.29, 0.717) is 6.54 Å². The molecular weight excluding hydrogens is 199 g/mol. The Morgan fingerprint density at radius 1 is 1.25 bits per heavy atom. The van der Waals surface area contributed by atoms with Gasteiger partial charge in [-0.3, -0.25) is 0 Å². The molecule has 0 spiro atoms. The third-order valence-corrected chi connectivity index (χ3v) is 1.54. The average molecular weight is 219 g/mol. The number of hydrogen-bond acceptors (Lipinski definition) is 3. The van der Waals surface area contributed by atoms with Crippen LogP contribution in [0.1, 0.15) is 19.8 Å². The van der Waals surface area contributed by atoms with Gasteiger partial charge < -0.3 is 16.2 Å². The van der Waals surface area contributed by atoms with Crippen molar-refractivity contribution in [2.45, 2.75) is 31.9 Å². The molecule has 2 atom stereocenters. The van der Waals surface area contributed by atoms with Gasteiger partial charge in [-0.15, -0.1) is 24.8 Å². The second-order valence-corrected chi connectivity index (χ2v) is 2.65. The third kappa shape index (κ3) is 10.5. The smallest absolute Gasteiger partial charge is 0.0694 e. The van der Waals surface area contributed by atoms with E-state index in [1.54, 1.807) is 7.11 Å². The first-order valence-corrected chi connectivity index (χ1v) is 3.69. The van der Waals surface area contributed by atoms with E-state index in [2.05, 4.69) is 0 Å². The largest absolute Gasteiger partial charge is 0.380 e. The normalized spacial score (nSPS) is 14.0. The monoisotopic (exact) mass is 218 g/mol. The van der Waals surface area contributed by atoms with Crippen molar-refractivity contribution < 1.29 is 4.74 Å². The van der Waals surface area contributed by atoms with E-state index in [4.69, 9.17) is 16.2 Å². The van der Waals surface area contributed by atoms with Crippen molar-refractivity contribution in [3.8, 4) is 0 Å². The van der Waals surface area contributed by atoms with Gasteiger partial charge in [-0.25, -0.2) is 0 Å². The minimum atomic E-state index is 0. The van der Waals surface area contributed by atoms with Gasteiger partial charge in [0.25, 0.3) is 0 Å². The summed E-state index contributed by atoms with van der Waals surface area (Å²) >= 11 is 0. The SMILES string of the molecule is COC(CN)CC[C@H](C)N.Cl.Cl. The van der Waals surface area contributed by atoms with Crippen LogP contribution in [0.4, 0.5) is 0 Å². The maximum absolute atomic E-state index is 5.55. The van der Waals surface area contributed by atoms with Crippen LogP contribution in [0.5, 0.6) is 0 Å². The van der Waals surface area contributed by atoms with Gasteiger partial charge in [-0.2, -0.15) is 0 Å². The molecule has 0 rings (SSSR count). The van der Waals surface area contributed by atoms with Crippen LogP contribution in [0.15, 0.2) is 0 Å². The van der Waals surface area contributed by atoms with Crippen molar-refractivity contribution in [2.75, 3.05) is 13.7 Å². The fourth-order valence-electron chi connectivity index (χ4n) is 0.781. The van der Waals surface area contributed by atoms with E-state index in [0.717, 1.165) is 12.8 Å². The molecule has 0 aliphatic carbocycles. The maximum Gasteiger partial charge on any atom is 0.0694 e. The average Bonchev–Trinajstić information content (AvgIpc) is 1.90. The zero-order chi connectivity index (χ0) is 7.98. The van der Waals surface area contributed by atoms with Crippen molar-refractivity contribution in [2.24, 2.45) is 11.5 Å². The van der Waals surface area contributed by atoms with Crippen molar-refractivity contribution in [3.05, 3.63) is 0 Å². The van der Waals surface area contributed by atoms with Crippen molar-refractivity contribution in [1.82, 2.24) is 0 Å². The second-order valence-electron chi connectivity index (χ2n) is 2.65. The first-order chi connectivity index (χ1) is 4.70. The van der Waals surface area contributed by atoms with Gasteiger partial charge >= 0.3 is 0 Å². The molecule has 0 amide bonds. The fraction of sp³-hybridized carbons (Fsp3) is 1.00. The summed E-state index contributed by atoms with van der Waals surface area (Å²) in [5, 5.41) is 0. The van der Waals surface area contributed by atoms with Crippen LogP contribution in [0.3, 0.4) is 0 Å².